The maximum absolute atomic E-state index is 5.50. The van der Waals surface area contributed by atoms with Crippen molar-refractivity contribution in [3.05, 3.63) is 60.7 Å². The van der Waals surface area contributed by atoms with Gasteiger partial charge >= 0.3 is 0 Å². The zero-order chi connectivity index (χ0) is 17.3. The lowest BCUT2D eigenvalue weighted by Gasteiger charge is -2.09. The second-order valence-corrected chi connectivity index (χ2v) is 4.71. The molecule has 0 bridgehead atoms. The van der Waals surface area contributed by atoms with Gasteiger partial charge in [0.2, 0.25) is 0 Å². The average molecular weight is 331 g/mol. The van der Waals surface area contributed by atoms with Crippen LogP contribution in [0, 0.1) is 5.41 Å². The Morgan fingerprint density at radius 2 is 1.35 bits per heavy atom. The summed E-state index contributed by atoms with van der Waals surface area (Å²) in [6, 6.07) is 19.7. The number of nitrogens with one attached hydrogen (secondary N) is 3. The lowest BCUT2D eigenvalue weighted by Crippen LogP contribution is -2.18. The van der Waals surface area contributed by atoms with Gasteiger partial charge in [0.15, 0.2) is 5.11 Å². The molecule has 124 valence electrons. The number of anilines is 2. The minimum absolute atomic E-state index is 0.595. The lowest BCUT2D eigenvalue weighted by atomic mass is 10.3. The first-order chi connectivity index (χ1) is 11.3. The fraction of sp³-hybridized carbons (Fsp3) is 0.222. The third-order valence-corrected chi connectivity index (χ3v) is 2.68. The van der Waals surface area contributed by atoms with E-state index in [9.17, 15) is 0 Å². The maximum atomic E-state index is 5.50. The van der Waals surface area contributed by atoms with Gasteiger partial charge in [-0.15, -0.1) is 0 Å². The predicted molar refractivity (Wildman–Crippen MR) is 105 cm³/mol. The van der Waals surface area contributed by atoms with Crippen LogP contribution in [-0.4, -0.2) is 25.5 Å². The molecule has 23 heavy (non-hydrogen) atoms. The van der Waals surface area contributed by atoms with Crippen LogP contribution in [0.15, 0.2) is 60.7 Å². The molecule has 0 amide bonds. The molecule has 2 rings (SSSR count). The molecule has 0 aliphatic heterocycles. The molecule has 0 spiro atoms. The topological polar surface area (TPSA) is 57.1 Å². The van der Waals surface area contributed by atoms with Crippen molar-refractivity contribution in [2.45, 2.75) is 13.3 Å². The van der Waals surface area contributed by atoms with Crippen LogP contribution in [-0.2, 0) is 4.74 Å². The number of para-hydroxylation sites is 2. The van der Waals surface area contributed by atoms with Crippen LogP contribution in [0.4, 0.5) is 11.4 Å². The molecular weight excluding hydrogens is 306 g/mol. The van der Waals surface area contributed by atoms with E-state index in [2.05, 4.69) is 24.3 Å². The maximum Gasteiger partial charge on any atom is 0.175 e. The zero-order valence-corrected chi connectivity index (χ0v) is 14.5. The van der Waals surface area contributed by atoms with Gasteiger partial charge in [0.25, 0.3) is 0 Å². The van der Waals surface area contributed by atoms with Crippen LogP contribution in [0.2, 0.25) is 0 Å². The van der Waals surface area contributed by atoms with Gasteiger partial charge in [-0.2, -0.15) is 0 Å². The fourth-order valence-electron chi connectivity index (χ4n) is 1.54. The number of ether oxygens (including phenoxy) is 1. The van der Waals surface area contributed by atoms with E-state index < -0.39 is 0 Å². The molecule has 5 heteroatoms. The first-order valence-electron chi connectivity index (χ1n) is 7.28. The van der Waals surface area contributed by atoms with Crippen molar-refractivity contribution in [2.75, 3.05) is 24.4 Å². The molecule has 3 N–H and O–H groups in total. The molecule has 0 aliphatic rings. The number of hydrogen-bond acceptors (Lipinski definition) is 3. The van der Waals surface area contributed by atoms with E-state index >= 15 is 0 Å². The van der Waals surface area contributed by atoms with Crippen LogP contribution >= 0.6 is 12.2 Å². The summed E-state index contributed by atoms with van der Waals surface area (Å²) in [4.78, 5) is 0. The van der Waals surface area contributed by atoms with Crippen LogP contribution in [0.1, 0.15) is 13.3 Å². The standard InChI is InChI=1S/C13H12N2S.C4H10O.CH3N/c16-13(14-11-7-3-1-4-8-11)15-12-9-5-2-6-10-12;1-3-4-5-2;1-2/h1-10H,(H2,14,15,16);3-4H2,1-2H3;2H,1H2. The highest BCUT2D eigenvalue weighted by molar-refractivity contribution is 7.80. The van der Waals surface area contributed by atoms with Gasteiger partial charge in [-0.1, -0.05) is 43.3 Å². The molecule has 0 atom stereocenters. The molecule has 0 unspecified atom stereocenters. The van der Waals surface area contributed by atoms with Gasteiger partial charge in [-0.3, -0.25) is 0 Å². The molecule has 0 aromatic heterocycles. The van der Waals surface area contributed by atoms with Crippen LogP contribution in [0.25, 0.3) is 0 Å². The Kier molecular flexibility index (Phi) is 13.3. The molecule has 0 heterocycles. The molecule has 0 saturated carbocycles. The highest BCUT2D eigenvalue weighted by Crippen LogP contribution is 2.08. The van der Waals surface area contributed by atoms with Crippen molar-refractivity contribution < 1.29 is 4.74 Å². The van der Waals surface area contributed by atoms with E-state index in [0.717, 1.165) is 24.4 Å². The summed E-state index contributed by atoms with van der Waals surface area (Å²) < 4.78 is 4.69. The molecule has 2 aromatic rings. The largest absolute Gasteiger partial charge is 0.385 e. The number of thiocarbonyl (C=S) groups is 1. The van der Waals surface area contributed by atoms with E-state index in [1.807, 2.05) is 60.7 Å². The van der Waals surface area contributed by atoms with Crippen LogP contribution in [0.3, 0.4) is 0 Å². The number of benzene rings is 2. The minimum atomic E-state index is 0.595. The lowest BCUT2D eigenvalue weighted by molar-refractivity contribution is 0.199. The summed E-state index contributed by atoms with van der Waals surface area (Å²) in [5.41, 5.74) is 1.96. The molecule has 2 aromatic carbocycles. The Labute approximate surface area is 144 Å². The highest BCUT2D eigenvalue weighted by atomic mass is 32.1. The van der Waals surface area contributed by atoms with E-state index in [1.165, 1.54) is 0 Å². The van der Waals surface area contributed by atoms with Crippen molar-refractivity contribution in [1.29, 1.82) is 5.41 Å². The number of rotatable bonds is 4. The molecule has 4 nitrogen and oxygen atoms in total. The minimum Gasteiger partial charge on any atom is -0.385 e. The Morgan fingerprint density at radius 1 is 0.957 bits per heavy atom. The Balaban J connectivity index is 0.000000594. The average Bonchev–Trinajstić information content (AvgIpc) is 2.60. The number of methoxy groups -OCH3 is 1. The molecular formula is C18H25N3OS. The first kappa shape index (κ1) is 20.8. The van der Waals surface area contributed by atoms with Gasteiger partial charge in [0.1, 0.15) is 0 Å². The van der Waals surface area contributed by atoms with Crippen molar-refractivity contribution in [3.8, 4) is 0 Å². The summed E-state index contributed by atoms with van der Waals surface area (Å²) in [6.45, 7) is 5.48. The van der Waals surface area contributed by atoms with Crippen molar-refractivity contribution in [3.63, 3.8) is 0 Å². The zero-order valence-electron chi connectivity index (χ0n) is 13.7. The smallest absolute Gasteiger partial charge is 0.175 e. The predicted octanol–water partition coefficient (Wildman–Crippen LogP) is 4.80. The Bertz CT molecular complexity index is 475. The van der Waals surface area contributed by atoms with Gasteiger partial charge in [0.05, 0.1) is 0 Å². The molecule has 0 saturated heterocycles. The van der Waals surface area contributed by atoms with E-state index in [4.69, 9.17) is 22.4 Å². The van der Waals surface area contributed by atoms with Gasteiger partial charge in [0, 0.05) is 25.1 Å². The number of hydrogen-bond donors (Lipinski definition) is 3. The SMILES string of the molecule is C=N.CCCOC.S=C(Nc1ccccc1)Nc1ccccc1. The summed E-state index contributed by atoms with van der Waals surface area (Å²) in [6.07, 6.45) is 1.12. The Hall–Kier alpha value is -2.24. The summed E-state index contributed by atoms with van der Waals surface area (Å²) >= 11 is 5.20. The van der Waals surface area contributed by atoms with E-state index in [1.54, 1.807) is 7.11 Å². The Morgan fingerprint density at radius 3 is 1.61 bits per heavy atom. The molecule has 0 fully saturated rings. The third kappa shape index (κ3) is 11.0. The van der Waals surface area contributed by atoms with Gasteiger partial charge in [-0.25, -0.2) is 0 Å². The van der Waals surface area contributed by atoms with Crippen LogP contribution < -0.4 is 10.6 Å². The van der Waals surface area contributed by atoms with Gasteiger partial charge < -0.3 is 20.8 Å². The second-order valence-electron chi connectivity index (χ2n) is 4.30. The summed E-state index contributed by atoms with van der Waals surface area (Å²) in [7, 11) is 1.71. The normalized spacial score (nSPS) is 8.61. The summed E-state index contributed by atoms with van der Waals surface area (Å²) in [5.74, 6) is 0. The van der Waals surface area contributed by atoms with Gasteiger partial charge in [-0.05, 0) is 49.6 Å². The third-order valence-electron chi connectivity index (χ3n) is 2.47. The second kappa shape index (κ2) is 14.7. The monoisotopic (exact) mass is 331 g/mol. The molecule has 0 radical (unpaired) electrons. The van der Waals surface area contributed by atoms with E-state index in [0.29, 0.717) is 5.11 Å². The highest BCUT2D eigenvalue weighted by Gasteiger charge is 1.96. The van der Waals surface area contributed by atoms with Crippen molar-refractivity contribution in [2.24, 2.45) is 0 Å². The van der Waals surface area contributed by atoms with Crippen molar-refractivity contribution in [1.82, 2.24) is 0 Å². The summed E-state index contributed by atoms with van der Waals surface area (Å²) in [5, 5.41) is 12.3. The fourth-order valence-corrected chi connectivity index (χ4v) is 1.78. The van der Waals surface area contributed by atoms with Crippen molar-refractivity contribution >= 4 is 35.4 Å². The quantitative estimate of drug-likeness (QED) is 0.556. The molecule has 0 aliphatic carbocycles. The van der Waals surface area contributed by atoms with E-state index in [-0.39, 0.29) is 0 Å². The first-order valence-corrected chi connectivity index (χ1v) is 7.69. The van der Waals surface area contributed by atoms with Crippen LogP contribution in [0.5, 0.6) is 0 Å².